The number of carboxylic acids is 1. The molecule has 0 radical (unpaired) electrons. The van der Waals surface area contributed by atoms with Crippen molar-refractivity contribution in [2.45, 2.75) is 30.9 Å². The van der Waals surface area contributed by atoms with Crippen LogP contribution in [0.3, 0.4) is 0 Å². The number of nitrogens with two attached hydrogens (primary N) is 1. The van der Waals surface area contributed by atoms with Crippen molar-refractivity contribution in [2.75, 3.05) is 19.8 Å². The summed E-state index contributed by atoms with van der Waals surface area (Å²) in [5, 5.41) is 9.39. The average Bonchev–Trinajstić information content (AvgIpc) is 2.49. The van der Waals surface area contributed by atoms with Gasteiger partial charge in [-0.05, 0) is 24.8 Å². The van der Waals surface area contributed by atoms with Crippen molar-refractivity contribution in [1.29, 1.82) is 0 Å². The van der Waals surface area contributed by atoms with Crippen LogP contribution in [0.5, 0.6) is 0 Å². The van der Waals surface area contributed by atoms with E-state index in [1.54, 1.807) is 24.3 Å². The Balaban J connectivity index is 1.94. The summed E-state index contributed by atoms with van der Waals surface area (Å²) < 4.78 is 11.1. The van der Waals surface area contributed by atoms with E-state index in [0.29, 0.717) is 12.2 Å². The third kappa shape index (κ3) is 3.56. The summed E-state index contributed by atoms with van der Waals surface area (Å²) in [6.07, 6.45) is 3.21. The standard InChI is InChI=1S/C15H21NO4/c16-15(14(17)18,12-6-2-1-3-7-12)11-19-10-13-8-4-5-9-20-13/h1-3,6-7,13H,4-5,8-11,16H2,(H,17,18). The van der Waals surface area contributed by atoms with E-state index in [-0.39, 0.29) is 12.7 Å². The Labute approximate surface area is 118 Å². The SMILES string of the molecule is NC(COCC1CCCCO1)(C(=O)O)c1ccccc1. The minimum atomic E-state index is -1.52. The minimum absolute atomic E-state index is 0.0533. The molecule has 2 atom stereocenters. The molecular weight excluding hydrogens is 258 g/mol. The molecular formula is C15H21NO4. The van der Waals surface area contributed by atoms with E-state index >= 15 is 0 Å². The Bertz CT molecular complexity index is 431. The van der Waals surface area contributed by atoms with Crippen LogP contribution in [0.1, 0.15) is 24.8 Å². The molecule has 0 bridgehead atoms. The molecule has 1 heterocycles. The van der Waals surface area contributed by atoms with Gasteiger partial charge in [0.2, 0.25) is 0 Å². The molecule has 3 N–H and O–H groups in total. The van der Waals surface area contributed by atoms with E-state index in [2.05, 4.69) is 0 Å². The number of rotatable bonds is 6. The smallest absolute Gasteiger partial charge is 0.330 e. The Hall–Kier alpha value is -1.43. The largest absolute Gasteiger partial charge is 0.480 e. The predicted octanol–water partition coefficient (Wildman–Crippen LogP) is 1.51. The lowest BCUT2D eigenvalue weighted by atomic mass is 9.92. The molecule has 0 spiro atoms. The van der Waals surface area contributed by atoms with Crippen LogP contribution in [0.4, 0.5) is 0 Å². The summed E-state index contributed by atoms with van der Waals surface area (Å²) in [6.45, 7) is 1.07. The molecule has 2 rings (SSSR count). The van der Waals surface area contributed by atoms with Crippen LogP contribution >= 0.6 is 0 Å². The lowest BCUT2D eigenvalue weighted by Gasteiger charge is -2.27. The van der Waals surface area contributed by atoms with Gasteiger partial charge in [-0.25, -0.2) is 4.79 Å². The first kappa shape index (κ1) is 15.0. The maximum absolute atomic E-state index is 11.5. The predicted molar refractivity (Wildman–Crippen MR) is 74.4 cm³/mol. The second kappa shape index (κ2) is 6.83. The lowest BCUT2D eigenvalue weighted by Crippen LogP contribution is -2.49. The van der Waals surface area contributed by atoms with E-state index in [1.807, 2.05) is 6.07 Å². The first-order valence-electron chi connectivity index (χ1n) is 6.90. The van der Waals surface area contributed by atoms with Crippen LogP contribution in [-0.2, 0) is 19.8 Å². The highest BCUT2D eigenvalue weighted by molar-refractivity contribution is 5.80. The van der Waals surface area contributed by atoms with Gasteiger partial charge < -0.3 is 20.3 Å². The molecule has 0 aromatic heterocycles. The topological polar surface area (TPSA) is 81.8 Å². The third-order valence-corrected chi connectivity index (χ3v) is 3.58. The fourth-order valence-electron chi connectivity index (χ4n) is 2.29. The summed E-state index contributed by atoms with van der Waals surface area (Å²) in [6, 6.07) is 8.76. The Morgan fingerprint density at radius 1 is 1.40 bits per heavy atom. The molecule has 0 aliphatic carbocycles. The van der Waals surface area contributed by atoms with Crippen molar-refractivity contribution in [2.24, 2.45) is 5.73 Å². The third-order valence-electron chi connectivity index (χ3n) is 3.58. The Kier molecular flexibility index (Phi) is 5.11. The molecule has 20 heavy (non-hydrogen) atoms. The number of hydrogen-bond donors (Lipinski definition) is 2. The maximum atomic E-state index is 11.5. The number of aliphatic carboxylic acids is 1. The van der Waals surface area contributed by atoms with Crippen LogP contribution in [0, 0.1) is 0 Å². The number of carbonyl (C=O) groups is 1. The second-order valence-electron chi connectivity index (χ2n) is 5.15. The van der Waals surface area contributed by atoms with Crippen LogP contribution in [0.15, 0.2) is 30.3 Å². The van der Waals surface area contributed by atoms with Crippen molar-refractivity contribution >= 4 is 5.97 Å². The number of ether oxygens (including phenoxy) is 2. The molecule has 1 fully saturated rings. The summed E-state index contributed by atoms with van der Waals surface area (Å²) in [7, 11) is 0. The van der Waals surface area contributed by atoms with Crippen LogP contribution in [0.25, 0.3) is 0 Å². The Morgan fingerprint density at radius 2 is 2.15 bits per heavy atom. The van der Waals surface area contributed by atoms with Gasteiger partial charge in [0, 0.05) is 6.61 Å². The molecule has 5 heteroatoms. The minimum Gasteiger partial charge on any atom is -0.480 e. The van der Waals surface area contributed by atoms with E-state index in [0.717, 1.165) is 25.9 Å². The lowest BCUT2D eigenvalue weighted by molar-refractivity contribution is -0.147. The molecule has 0 amide bonds. The van der Waals surface area contributed by atoms with E-state index in [1.165, 1.54) is 0 Å². The molecule has 5 nitrogen and oxygen atoms in total. The zero-order valence-electron chi connectivity index (χ0n) is 11.5. The quantitative estimate of drug-likeness (QED) is 0.825. The van der Waals surface area contributed by atoms with Crippen molar-refractivity contribution in [3.63, 3.8) is 0 Å². The molecule has 1 aromatic rings. The molecule has 1 aliphatic rings. The van der Waals surface area contributed by atoms with Gasteiger partial charge in [-0.2, -0.15) is 0 Å². The van der Waals surface area contributed by atoms with Crippen molar-refractivity contribution in [1.82, 2.24) is 0 Å². The monoisotopic (exact) mass is 279 g/mol. The zero-order valence-corrected chi connectivity index (χ0v) is 11.5. The zero-order chi connectivity index (χ0) is 14.4. The molecule has 1 aromatic carbocycles. The molecule has 0 saturated carbocycles. The van der Waals surface area contributed by atoms with E-state index in [9.17, 15) is 9.90 Å². The highest BCUT2D eigenvalue weighted by Gasteiger charge is 2.36. The van der Waals surface area contributed by atoms with Crippen molar-refractivity contribution < 1.29 is 19.4 Å². The molecule has 110 valence electrons. The average molecular weight is 279 g/mol. The van der Waals surface area contributed by atoms with Gasteiger partial charge in [-0.15, -0.1) is 0 Å². The van der Waals surface area contributed by atoms with Gasteiger partial charge in [0.05, 0.1) is 19.3 Å². The van der Waals surface area contributed by atoms with Crippen molar-refractivity contribution in [3.8, 4) is 0 Å². The van der Waals surface area contributed by atoms with E-state index < -0.39 is 11.5 Å². The summed E-state index contributed by atoms with van der Waals surface area (Å²) in [5.41, 5.74) is 5.03. The molecule has 1 saturated heterocycles. The Morgan fingerprint density at radius 3 is 2.75 bits per heavy atom. The number of carboxylic acid groups (broad SMARTS) is 1. The molecule has 2 unspecified atom stereocenters. The fraction of sp³-hybridized carbons (Fsp3) is 0.533. The highest BCUT2D eigenvalue weighted by atomic mass is 16.5. The fourth-order valence-corrected chi connectivity index (χ4v) is 2.29. The van der Waals surface area contributed by atoms with Gasteiger partial charge in [0.1, 0.15) is 0 Å². The number of hydrogen-bond acceptors (Lipinski definition) is 4. The second-order valence-corrected chi connectivity index (χ2v) is 5.15. The van der Waals surface area contributed by atoms with Gasteiger partial charge in [-0.3, -0.25) is 0 Å². The van der Waals surface area contributed by atoms with Crippen LogP contribution in [0.2, 0.25) is 0 Å². The van der Waals surface area contributed by atoms with Gasteiger partial charge in [0.25, 0.3) is 0 Å². The van der Waals surface area contributed by atoms with Gasteiger partial charge in [0.15, 0.2) is 5.54 Å². The number of benzene rings is 1. The van der Waals surface area contributed by atoms with Gasteiger partial charge in [-0.1, -0.05) is 30.3 Å². The first-order valence-corrected chi connectivity index (χ1v) is 6.90. The summed E-state index contributed by atoms with van der Waals surface area (Å²) in [5.74, 6) is -1.09. The molecule has 1 aliphatic heterocycles. The first-order chi connectivity index (χ1) is 9.63. The summed E-state index contributed by atoms with van der Waals surface area (Å²) >= 11 is 0. The highest BCUT2D eigenvalue weighted by Crippen LogP contribution is 2.20. The van der Waals surface area contributed by atoms with E-state index in [4.69, 9.17) is 15.2 Å². The van der Waals surface area contributed by atoms with Crippen LogP contribution in [-0.4, -0.2) is 37.0 Å². The van der Waals surface area contributed by atoms with Crippen molar-refractivity contribution in [3.05, 3.63) is 35.9 Å². The normalized spacial score (nSPS) is 22.1. The summed E-state index contributed by atoms with van der Waals surface area (Å²) in [4.78, 5) is 11.5. The maximum Gasteiger partial charge on any atom is 0.330 e. The van der Waals surface area contributed by atoms with Gasteiger partial charge >= 0.3 is 5.97 Å². The van der Waals surface area contributed by atoms with Crippen LogP contribution < -0.4 is 5.73 Å².